The monoisotopic (exact) mass is 477 g/mol. The Balaban J connectivity index is 1.85. The van der Waals surface area contributed by atoms with E-state index in [4.69, 9.17) is 15.2 Å². The first-order valence-corrected chi connectivity index (χ1v) is 9.41. The van der Waals surface area contributed by atoms with E-state index in [1.165, 1.54) is 50.9 Å². The molecule has 3 aromatic rings. The predicted molar refractivity (Wildman–Crippen MR) is 115 cm³/mol. The standard InChI is InChI=1S/C21H18F3N5O5/c1-32-19(30)11-7-12(20(31)33-2)9-14(8-11)29-18-16(25)17(26-10-27-18)28-13-3-5-15(6-4-13)34-21(22,23)24/h3-10H,25H2,1-2H3,(H2,26,27,28,29). The maximum absolute atomic E-state index is 12.3. The average Bonchev–Trinajstić information content (AvgIpc) is 2.80. The second kappa shape index (κ2) is 9.94. The number of aromatic nitrogens is 2. The van der Waals surface area contributed by atoms with Crippen LogP contribution in [0.15, 0.2) is 48.8 Å². The number of nitrogens with one attached hydrogen (secondary N) is 2. The summed E-state index contributed by atoms with van der Waals surface area (Å²) in [6.07, 6.45) is -3.61. The maximum atomic E-state index is 12.3. The molecule has 10 nitrogen and oxygen atoms in total. The van der Waals surface area contributed by atoms with Crippen molar-refractivity contribution in [1.29, 1.82) is 0 Å². The minimum Gasteiger partial charge on any atom is -0.465 e. The SMILES string of the molecule is COC(=O)c1cc(Nc2ncnc(Nc3ccc(OC(F)(F)F)cc3)c2N)cc(C(=O)OC)c1. The molecule has 0 amide bonds. The molecule has 0 saturated carbocycles. The fourth-order valence-electron chi connectivity index (χ4n) is 2.78. The van der Waals surface area contributed by atoms with Gasteiger partial charge in [0.25, 0.3) is 0 Å². The number of anilines is 5. The van der Waals surface area contributed by atoms with Gasteiger partial charge < -0.3 is 30.6 Å². The highest BCUT2D eigenvalue weighted by Crippen LogP contribution is 2.30. The Morgan fingerprint density at radius 2 is 1.35 bits per heavy atom. The molecule has 34 heavy (non-hydrogen) atoms. The van der Waals surface area contributed by atoms with E-state index in [1.807, 2.05) is 0 Å². The number of esters is 2. The van der Waals surface area contributed by atoms with Gasteiger partial charge in [0.1, 0.15) is 17.8 Å². The van der Waals surface area contributed by atoms with E-state index >= 15 is 0 Å². The predicted octanol–water partition coefficient (Wildman–Crippen LogP) is 4.02. The lowest BCUT2D eigenvalue weighted by molar-refractivity contribution is -0.274. The first-order chi connectivity index (χ1) is 16.1. The van der Waals surface area contributed by atoms with Gasteiger partial charge in [-0.15, -0.1) is 13.2 Å². The van der Waals surface area contributed by atoms with Crippen molar-refractivity contribution in [2.24, 2.45) is 0 Å². The topological polar surface area (TPSA) is 138 Å². The van der Waals surface area contributed by atoms with E-state index in [2.05, 4.69) is 25.3 Å². The number of carbonyl (C=O) groups is 2. The van der Waals surface area contributed by atoms with Gasteiger partial charge >= 0.3 is 18.3 Å². The van der Waals surface area contributed by atoms with Crippen LogP contribution in [0.4, 0.5) is 41.9 Å². The van der Waals surface area contributed by atoms with Crippen LogP contribution in [0.25, 0.3) is 0 Å². The Morgan fingerprint density at radius 1 is 0.853 bits per heavy atom. The zero-order valence-corrected chi connectivity index (χ0v) is 17.8. The number of benzene rings is 2. The molecule has 0 fully saturated rings. The summed E-state index contributed by atoms with van der Waals surface area (Å²) in [5.41, 5.74) is 7.02. The Hall–Kier alpha value is -4.55. The molecule has 13 heteroatoms. The normalized spacial score (nSPS) is 10.9. The van der Waals surface area contributed by atoms with Crippen LogP contribution >= 0.6 is 0 Å². The smallest absolute Gasteiger partial charge is 0.465 e. The number of ether oxygens (including phenoxy) is 3. The van der Waals surface area contributed by atoms with Gasteiger partial charge in [-0.3, -0.25) is 0 Å². The number of alkyl halides is 3. The number of hydrogen-bond acceptors (Lipinski definition) is 10. The zero-order valence-electron chi connectivity index (χ0n) is 17.8. The van der Waals surface area contributed by atoms with Crippen molar-refractivity contribution >= 4 is 40.6 Å². The third kappa shape index (κ3) is 6.03. The van der Waals surface area contributed by atoms with E-state index in [0.717, 1.165) is 12.1 Å². The lowest BCUT2D eigenvalue weighted by Crippen LogP contribution is -2.17. The summed E-state index contributed by atoms with van der Waals surface area (Å²) >= 11 is 0. The molecule has 3 rings (SSSR count). The molecule has 4 N–H and O–H groups in total. The molecule has 1 aromatic heterocycles. The highest BCUT2D eigenvalue weighted by molar-refractivity contribution is 5.97. The van der Waals surface area contributed by atoms with E-state index in [0.29, 0.717) is 5.69 Å². The fraction of sp³-hybridized carbons (Fsp3) is 0.143. The lowest BCUT2D eigenvalue weighted by Gasteiger charge is -2.14. The van der Waals surface area contributed by atoms with Gasteiger partial charge in [0, 0.05) is 11.4 Å². The van der Waals surface area contributed by atoms with Crippen molar-refractivity contribution in [2.75, 3.05) is 30.6 Å². The third-order valence-corrected chi connectivity index (χ3v) is 4.27. The Bertz CT molecular complexity index is 1170. The average molecular weight is 477 g/mol. The van der Waals surface area contributed by atoms with Crippen LogP contribution in [0, 0.1) is 0 Å². The number of nitrogens with two attached hydrogens (primary N) is 1. The lowest BCUT2D eigenvalue weighted by atomic mass is 10.1. The highest BCUT2D eigenvalue weighted by Gasteiger charge is 2.31. The van der Waals surface area contributed by atoms with Crippen LogP contribution in [-0.4, -0.2) is 42.5 Å². The van der Waals surface area contributed by atoms with Crippen LogP contribution in [0.5, 0.6) is 5.75 Å². The number of halogens is 3. The molecule has 0 radical (unpaired) electrons. The number of methoxy groups -OCH3 is 2. The number of hydrogen-bond donors (Lipinski definition) is 3. The molecule has 0 bridgehead atoms. The summed E-state index contributed by atoms with van der Waals surface area (Å²) in [5, 5.41) is 5.76. The molecule has 0 aliphatic heterocycles. The maximum Gasteiger partial charge on any atom is 0.573 e. The molecule has 0 unspecified atom stereocenters. The fourth-order valence-corrected chi connectivity index (χ4v) is 2.78. The van der Waals surface area contributed by atoms with Crippen molar-refractivity contribution < 1.29 is 37.0 Å². The molecule has 0 atom stereocenters. The zero-order chi connectivity index (χ0) is 24.9. The summed E-state index contributed by atoms with van der Waals surface area (Å²) < 4.78 is 50.2. The Labute approximate surface area is 190 Å². The number of nitrogens with zero attached hydrogens (tertiary/aromatic N) is 2. The first-order valence-electron chi connectivity index (χ1n) is 9.41. The van der Waals surface area contributed by atoms with E-state index < -0.39 is 18.3 Å². The van der Waals surface area contributed by atoms with Gasteiger partial charge in [-0.05, 0) is 42.5 Å². The van der Waals surface area contributed by atoms with Crippen molar-refractivity contribution in [3.05, 3.63) is 59.9 Å². The van der Waals surface area contributed by atoms with Gasteiger partial charge in [0.15, 0.2) is 11.6 Å². The molecule has 0 spiro atoms. The molecular formula is C21H18F3N5O5. The Morgan fingerprint density at radius 3 is 1.82 bits per heavy atom. The van der Waals surface area contributed by atoms with Gasteiger partial charge in [0.05, 0.1) is 25.3 Å². The van der Waals surface area contributed by atoms with Gasteiger partial charge in [-0.2, -0.15) is 0 Å². The summed E-state index contributed by atoms with van der Waals surface area (Å²) in [6, 6.07) is 9.10. The minimum atomic E-state index is -4.80. The largest absolute Gasteiger partial charge is 0.573 e. The van der Waals surface area contributed by atoms with Crippen molar-refractivity contribution in [2.45, 2.75) is 6.36 Å². The molecule has 0 saturated heterocycles. The van der Waals surface area contributed by atoms with Gasteiger partial charge in [-0.25, -0.2) is 19.6 Å². The molecule has 1 heterocycles. The van der Waals surface area contributed by atoms with E-state index in [9.17, 15) is 22.8 Å². The minimum absolute atomic E-state index is 0.0567. The van der Waals surface area contributed by atoms with Gasteiger partial charge in [-0.1, -0.05) is 0 Å². The third-order valence-electron chi connectivity index (χ3n) is 4.27. The Kier molecular flexibility index (Phi) is 7.04. The summed E-state index contributed by atoms with van der Waals surface area (Å²) in [7, 11) is 2.39. The molecule has 2 aromatic carbocycles. The van der Waals surface area contributed by atoms with Crippen molar-refractivity contribution in [3.63, 3.8) is 0 Å². The molecule has 0 aliphatic carbocycles. The van der Waals surface area contributed by atoms with E-state index in [-0.39, 0.29) is 39.9 Å². The molecule has 0 aliphatic rings. The first kappa shape index (κ1) is 24.1. The van der Waals surface area contributed by atoms with Crippen LogP contribution < -0.4 is 21.1 Å². The van der Waals surface area contributed by atoms with Gasteiger partial charge in [0.2, 0.25) is 0 Å². The number of rotatable bonds is 7. The number of carbonyl (C=O) groups excluding carboxylic acids is 2. The van der Waals surface area contributed by atoms with E-state index in [1.54, 1.807) is 0 Å². The molecule has 178 valence electrons. The van der Waals surface area contributed by atoms with Crippen LogP contribution in [0.3, 0.4) is 0 Å². The van der Waals surface area contributed by atoms with Crippen molar-refractivity contribution in [3.8, 4) is 5.75 Å². The van der Waals surface area contributed by atoms with Crippen LogP contribution in [0.2, 0.25) is 0 Å². The highest BCUT2D eigenvalue weighted by atomic mass is 19.4. The van der Waals surface area contributed by atoms with Crippen molar-refractivity contribution in [1.82, 2.24) is 9.97 Å². The second-order valence-corrected chi connectivity index (χ2v) is 6.59. The molecular weight excluding hydrogens is 459 g/mol. The summed E-state index contributed by atoms with van der Waals surface area (Å²) in [4.78, 5) is 32.0. The summed E-state index contributed by atoms with van der Waals surface area (Å²) in [5.74, 6) is -1.45. The second-order valence-electron chi connectivity index (χ2n) is 6.59. The van der Waals surface area contributed by atoms with Crippen LogP contribution in [-0.2, 0) is 9.47 Å². The van der Waals surface area contributed by atoms with Crippen LogP contribution in [0.1, 0.15) is 20.7 Å². The quantitative estimate of drug-likeness (QED) is 0.428. The summed E-state index contributed by atoms with van der Waals surface area (Å²) in [6.45, 7) is 0. The number of nitrogen functional groups attached to an aromatic ring is 1.